The van der Waals surface area contributed by atoms with Gasteiger partial charge < -0.3 is 5.32 Å². The van der Waals surface area contributed by atoms with Crippen molar-refractivity contribution in [1.29, 1.82) is 0 Å². The quantitative estimate of drug-likeness (QED) is 0.855. The van der Waals surface area contributed by atoms with Crippen molar-refractivity contribution < 1.29 is 13.2 Å². The number of rotatable bonds is 4. The van der Waals surface area contributed by atoms with Crippen LogP contribution in [-0.2, 0) is 14.8 Å². The average molecular weight is 314 g/mol. The molecular weight excluding hydrogens is 288 g/mol. The highest BCUT2D eigenvalue weighted by atomic mass is 32.2. The Hall–Kier alpha value is -0.620. The summed E-state index contributed by atoms with van der Waals surface area (Å²) in [6, 6.07) is 0.312. The van der Waals surface area contributed by atoms with Gasteiger partial charge in [0.2, 0.25) is 15.9 Å². The number of nitrogens with one attached hydrogen (secondary N) is 1. The Bertz CT molecular complexity index is 491. The van der Waals surface area contributed by atoms with Crippen molar-refractivity contribution in [2.24, 2.45) is 11.8 Å². The van der Waals surface area contributed by atoms with Gasteiger partial charge in [0.1, 0.15) is 0 Å². The van der Waals surface area contributed by atoms with E-state index in [1.807, 2.05) is 0 Å². The van der Waals surface area contributed by atoms with E-state index in [4.69, 9.17) is 0 Å². The molecule has 0 aromatic heterocycles. The first-order chi connectivity index (χ1) is 10.0. The second kappa shape index (κ2) is 6.24. The molecule has 5 nitrogen and oxygen atoms in total. The Balaban J connectivity index is 1.42. The van der Waals surface area contributed by atoms with Gasteiger partial charge in [-0.25, -0.2) is 12.7 Å². The summed E-state index contributed by atoms with van der Waals surface area (Å²) in [6.07, 6.45) is 8.49. The maximum absolute atomic E-state index is 12.0. The fourth-order valence-corrected chi connectivity index (χ4v) is 5.83. The lowest BCUT2D eigenvalue weighted by Crippen LogP contribution is -2.41. The van der Waals surface area contributed by atoms with Gasteiger partial charge in [-0.2, -0.15) is 0 Å². The average Bonchev–Trinajstić information content (AvgIpc) is 3.01. The van der Waals surface area contributed by atoms with Gasteiger partial charge in [-0.3, -0.25) is 4.79 Å². The largest absolute Gasteiger partial charge is 0.353 e. The fourth-order valence-electron chi connectivity index (χ4n) is 4.30. The van der Waals surface area contributed by atoms with E-state index in [-0.39, 0.29) is 11.7 Å². The second-order valence-corrected chi connectivity index (χ2v) is 8.94. The number of carbonyl (C=O) groups is 1. The number of carbonyl (C=O) groups excluding carboxylic acids is 1. The molecule has 0 spiro atoms. The zero-order chi connectivity index (χ0) is 14.9. The summed E-state index contributed by atoms with van der Waals surface area (Å²) in [7, 11) is -3.07. The summed E-state index contributed by atoms with van der Waals surface area (Å²) >= 11 is 0. The van der Waals surface area contributed by atoms with E-state index in [1.54, 1.807) is 0 Å². The zero-order valence-corrected chi connectivity index (χ0v) is 13.4. The Morgan fingerprint density at radius 1 is 1.10 bits per heavy atom. The fraction of sp³-hybridized carbons (Fsp3) is 0.933. The van der Waals surface area contributed by atoms with Gasteiger partial charge in [0, 0.05) is 25.6 Å². The van der Waals surface area contributed by atoms with Gasteiger partial charge in [0.05, 0.1) is 5.75 Å². The molecule has 2 saturated carbocycles. The number of nitrogens with zero attached hydrogens (tertiary/aromatic N) is 1. The normalized spacial score (nSPS) is 35.5. The van der Waals surface area contributed by atoms with Crippen molar-refractivity contribution in [3.05, 3.63) is 0 Å². The van der Waals surface area contributed by atoms with E-state index in [2.05, 4.69) is 5.32 Å². The molecule has 3 unspecified atom stereocenters. The lowest BCUT2D eigenvalue weighted by molar-refractivity contribution is -0.122. The van der Waals surface area contributed by atoms with Crippen molar-refractivity contribution in [2.75, 3.05) is 18.8 Å². The number of sulfonamides is 1. The van der Waals surface area contributed by atoms with E-state index in [9.17, 15) is 13.2 Å². The molecule has 2 aliphatic carbocycles. The number of fused-ring (bicyclic) bond motifs is 1. The molecule has 0 aromatic rings. The van der Waals surface area contributed by atoms with E-state index in [0.717, 1.165) is 24.7 Å². The summed E-state index contributed by atoms with van der Waals surface area (Å²) in [5, 5.41) is 3.12. The molecular formula is C15H26N2O3S. The van der Waals surface area contributed by atoms with Gasteiger partial charge in [-0.05, 0) is 37.5 Å². The highest BCUT2D eigenvalue weighted by Gasteiger charge is 2.34. The van der Waals surface area contributed by atoms with Gasteiger partial charge in [-0.1, -0.05) is 19.3 Å². The number of amides is 1. The molecule has 3 fully saturated rings. The lowest BCUT2D eigenvalue weighted by atomic mass is 9.79. The van der Waals surface area contributed by atoms with E-state index < -0.39 is 10.0 Å². The monoisotopic (exact) mass is 314 g/mol. The SMILES string of the molecule is O=C(CCN1CCCS1(=O)=O)NC1CCC2CCCC2C1. The maximum Gasteiger partial charge on any atom is 0.221 e. The third-order valence-corrected chi connectivity index (χ3v) is 7.40. The third-order valence-electron chi connectivity index (χ3n) is 5.45. The molecule has 3 rings (SSSR count). The van der Waals surface area contributed by atoms with Crippen LogP contribution in [0.2, 0.25) is 0 Å². The third kappa shape index (κ3) is 3.59. The molecule has 21 heavy (non-hydrogen) atoms. The van der Waals surface area contributed by atoms with Crippen LogP contribution in [0.5, 0.6) is 0 Å². The molecule has 1 saturated heterocycles. The summed E-state index contributed by atoms with van der Waals surface area (Å²) < 4.78 is 24.8. The molecule has 120 valence electrons. The standard InChI is InChI=1S/C15H26N2O3S/c18-15(7-9-17-8-2-10-21(17,19)20)16-14-6-5-12-3-1-4-13(12)11-14/h12-14H,1-11H2,(H,16,18). The van der Waals surface area contributed by atoms with Crippen LogP contribution in [-0.4, -0.2) is 43.5 Å². The van der Waals surface area contributed by atoms with Crippen molar-refractivity contribution in [1.82, 2.24) is 9.62 Å². The molecule has 1 amide bonds. The molecule has 1 aliphatic heterocycles. The van der Waals surface area contributed by atoms with Crippen LogP contribution in [0, 0.1) is 11.8 Å². The molecule has 6 heteroatoms. The minimum atomic E-state index is -3.07. The van der Waals surface area contributed by atoms with Crippen LogP contribution in [0.25, 0.3) is 0 Å². The predicted octanol–water partition coefficient (Wildman–Crippen LogP) is 1.50. The Kier molecular flexibility index (Phi) is 4.54. The number of hydrogen-bond donors (Lipinski definition) is 1. The van der Waals surface area contributed by atoms with Gasteiger partial charge >= 0.3 is 0 Å². The molecule has 1 heterocycles. The van der Waals surface area contributed by atoms with Gasteiger partial charge in [0.25, 0.3) is 0 Å². The summed E-state index contributed by atoms with van der Waals surface area (Å²) in [6.45, 7) is 0.912. The Labute approximate surface area is 127 Å². The zero-order valence-electron chi connectivity index (χ0n) is 12.6. The van der Waals surface area contributed by atoms with Crippen molar-refractivity contribution in [3.63, 3.8) is 0 Å². The van der Waals surface area contributed by atoms with Crippen LogP contribution < -0.4 is 5.32 Å². The van der Waals surface area contributed by atoms with E-state index >= 15 is 0 Å². The first-order valence-corrected chi connectivity index (χ1v) is 9.93. The summed E-state index contributed by atoms with van der Waals surface area (Å²) in [5.74, 6) is 1.95. The topological polar surface area (TPSA) is 66.5 Å². The van der Waals surface area contributed by atoms with E-state index in [0.29, 0.717) is 32.0 Å². The summed E-state index contributed by atoms with van der Waals surface area (Å²) in [5.41, 5.74) is 0. The minimum absolute atomic E-state index is 0.0125. The van der Waals surface area contributed by atoms with E-state index in [1.165, 1.54) is 30.0 Å². The first kappa shape index (κ1) is 15.3. The predicted molar refractivity (Wildman–Crippen MR) is 81.2 cm³/mol. The minimum Gasteiger partial charge on any atom is -0.353 e. The van der Waals surface area contributed by atoms with Gasteiger partial charge in [0.15, 0.2) is 0 Å². The highest BCUT2D eigenvalue weighted by molar-refractivity contribution is 7.89. The van der Waals surface area contributed by atoms with Crippen LogP contribution in [0.4, 0.5) is 0 Å². The Morgan fingerprint density at radius 2 is 1.90 bits per heavy atom. The van der Waals surface area contributed by atoms with Crippen LogP contribution in [0.3, 0.4) is 0 Å². The van der Waals surface area contributed by atoms with Crippen molar-refractivity contribution in [2.45, 2.75) is 57.4 Å². The highest BCUT2D eigenvalue weighted by Crippen LogP contribution is 2.42. The Morgan fingerprint density at radius 3 is 2.67 bits per heavy atom. The molecule has 0 radical (unpaired) electrons. The molecule has 0 bridgehead atoms. The second-order valence-electron chi connectivity index (χ2n) is 6.85. The van der Waals surface area contributed by atoms with Crippen LogP contribution in [0.15, 0.2) is 0 Å². The van der Waals surface area contributed by atoms with Crippen LogP contribution in [0.1, 0.15) is 51.4 Å². The first-order valence-electron chi connectivity index (χ1n) is 8.32. The smallest absolute Gasteiger partial charge is 0.221 e. The van der Waals surface area contributed by atoms with Crippen molar-refractivity contribution in [3.8, 4) is 0 Å². The van der Waals surface area contributed by atoms with Crippen LogP contribution >= 0.6 is 0 Å². The molecule has 3 atom stereocenters. The maximum atomic E-state index is 12.0. The molecule has 1 N–H and O–H groups in total. The summed E-state index contributed by atoms with van der Waals surface area (Å²) in [4.78, 5) is 12.0. The molecule has 3 aliphatic rings. The molecule has 0 aromatic carbocycles. The van der Waals surface area contributed by atoms with Crippen molar-refractivity contribution >= 4 is 15.9 Å². The lowest BCUT2D eigenvalue weighted by Gasteiger charge is -2.32. The van der Waals surface area contributed by atoms with Gasteiger partial charge in [-0.15, -0.1) is 0 Å². The number of hydrogen-bond acceptors (Lipinski definition) is 3.